The molecule has 0 aliphatic rings. The molecule has 1 aromatic carbocycles. The summed E-state index contributed by atoms with van der Waals surface area (Å²) >= 11 is 0. The molecule has 0 N–H and O–H groups in total. The van der Waals surface area contributed by atoms with Crippen LogP contribution in [-0.4, -0.2) is 20.1 Å². The van der Waals surface area contributed by atoms with Crippen molar-refractivity contribution in [3.8, 4) is 5.75 Å². The Kier molecular flexibility index (Phi) is 5.01. The SMILES string of the molecule is CCCC(=O)N(C)c1ccc(CC)c(OC)c1. The van der Waals surface area contributed by atoms with Crippen LogP contribution in [-0.2, 0) is 11.2 Å². The van der Waals surface area contributed by atoms with Crippen molar-refractivity contribution < 1.29 is 9.53 Å². The molecule has 0 fully saturated rings. The fourth-order valence-corrected chi connectivity index (χ4v) is 1.76. The number of ether oxygens (including phenoxy) is 1. The highest BCUT2D eigenvalue weighted by atomic mass is 16.5. The Morgan fingerprint density at radius 2 is 2.06 bits per heavy atom. The van der Waals surface area contributed by atoms with Crippen molar-refractivity contribution in [2.24, 2.45) is 0 Å². The van der Waals surface area contributed by atoms with Crippen molar-refractivity contribution in [3.05, 3.63) is 23.8 Å². The zero-order valence-corrected chi connectivity index (χ0v) is 11.1. The minimum atomic E-state index is 0.138. The molecule has 1 amide bonds. The molecule has 1 rings (SSSR count). The monoisotopic (exact) mass is 235 g/mol. The zero-order chi connectivity index (χ0) is 12.8. The molecule has 0 saturated carbocycles. The zero-order valence-electron chi connectivity index (χ0n) is 11.1. The number of aryl methyl sites for hydroxylation is 1. The predicted octanol–water partition coefficient (Wildman–Crippen LogP) is 3.02. The summed E-state index contributed by atoms with van der Waals surface area (Å²) in [5.41, 5.74) is 2.05. The smallest absolute Gasteiger partial charge is 0.226 e. The second-order valence-corrected chi connectivity index (χ2v) is 4.05. The quantitative estimate of drug-likeness (QED) is 0.785. The molecule has 0 aliphatic carbocycles. The summed E-state index contributed by atoms with van der Waals surface area (Å²) in [5.74, 6) is 0.986. The number of amides is 1. The highest BCUT2D eigenvalue weighted by Crippen LogP contribution is 2.25. The van der Waals surface area contributed by atoms with Gasteiger partial charge in [-0.2, -0.15) is 0 Å². The Morgan fingerprint density at radius 3 is 2.59 bits per heavy atom. The van der Waals surface area contributed by atoms with Crippen LogP contribution in [0, 0.1) is 0 Å². The first kappa shape index (κ1) is 13.6. The summed E-state index contributed by atoms with van der Waals surface area (Å²) in [6.45, 7) is 4.09. The lowest BCUT2D eigenvalue weighted by atomic mass is 10.1. The van der Waals surface area contributed by atoms with Gasteiger partial charge in [0.05, 0.1) is 7.11 Å². The van der Waals surface area contributed by atoms with Gasteiger partial charge in [-0.05, 0) is 24.5 Å². The first-order valence-corrected chi connectivity index (χ1v) is 6.07. The number of rotatable bonds is 5. The van der Waals surface area contributed by atoms with E-state index >= 15 is 0 Å². The lowest BCUT2D eigenvalue weighted by Gasteiger charge is -2.18. The third kappa shape index (κ3) is 3.22. The number of carbonyl (C=O) groups is 1. The van der Waals surface area contributed by atoms with Crippen molar-refractivity contribution in [2.75, 3.05) is 19.1 Å². The van der Waals surface area contributed by atoms with E-state index in [9.17, 15) is 4.79 Å². The van der Waals surface area contributed by atoms with Gasteiger partial charge < -0.3 is 9.64 Å². The van der Waals surface area contributed by atoms with Gasteiger partial charge in [-0.25, -0.2) is 0 Å². The van der Waals surface area contributed by atoms with E-state index in [1.807, 2.05) is 25.1 Å². The molecule has 0 unspecified atom stereocenters. The highest BCUT2D eigenvalue weighted by molar-refractivity contribution is 5.93. The van der Waals surface area contributed by atoms with Crippen molar-refractivity contribution in [3.63, 3.8) is 0 Å². The number of hydrogen-bond donors (Lipinski definition) is 0. The van der Waals surface area contributed by atoms with Crippen LogP contribution in [0.3, 0.4) is 0 Å². The molecular formula is C14H21NO2. The second kappa shape index (κ2) is 6.28. The van der Waals surface area contributed by atoms with Crippen LogP contribution >= 0.6 is 0 Å². The van der Waals surface area contributed by atoms with Crippen molar-refractivity contribution in [1.29, 1.82) is 0 Å². The van der Waals surface area contributed by atoms with Crippen LogP contribution in [0.2, 0.25) is 0 Å². The molecule has 1 aromatic rings. The molecule has 0 atom stereocenters. The summed E-state index contributed by atoms with van der Waals surface area (Å²) in [6.07, 6.45) is 2.37. The molecule has 0 bridgehead atoms. The van der Waals surface area contributed by atoms with Gasteiger partial charge in [-0.3, -0.25) is 4.79 Å². The number of methoxy groups -OCH3 is 1. The summed E-state index contributed by atoms with van der Waals surface area (Å²) in [4.78, 5) is 13.5. The van der Waals surface area contributed by atoms with Crippen LogP contribution in [0.5, 0.6) is 5.75 Å². The van der Waals surface area contributed by atoms with Crippen molar-refractivity contribution in [2.45, 2.75) is 33.1 Å². The molecular weight excluding hydrogens is 214 g/mol. The van der Waals surface area contributed by atoms with Crippen LogP contribution in [0.25, 0.3) is 0 Å². The van der Waals surface area contributed by atoms with Gasteiger partial charge in [-0.1, -0.05) is 19.9 Å². The normalized spacial score (nSPS) is 10.1. The van der Waals surface area contributed by atoms with Crippen molar-refractivity contribution >= 4 is 11.6 Å². The minimum absolute atomic E-state index is 0.138. The van der Waals surface area contributed by atoms with E-state index in [-0.39, 0.29) is 5.91 Å². The maximum absolute atomic E-state index is 11.8. The summed E-state index contributed by atoms with van der Waals surface area (Å²) in [7, 11) is 3.46. The van der Waals surface area contributed by atoms with Crippen LogP contribution in [0.1, 0.15) is 32.3 Å². The number of carbonyl (C=O) groups excluding carboxylic acids is 1. The molecule has 0 radical (unpaired) electrons. The van der Waals surface area contributed by atoms with E-state index in [1.165, 1.54) is 0 Å². The van der Waals surface area contributed by atoms with E-state index < -0.39 is 0 Å². The van der Waals surface area contributed by atoms with Crippen LogP contribution < -0.4 is 9.64 Å². The maximum atomic E-state index is 11.8. The largest absolute Gasteiger partial charge is 0.496 e. The average molecular weight is 235 g/mol. The Hall–Kier alpha value is -1.51. The highest BCUT2D eigenvalue weighted by Gasteiger charge is 2.11. The van der Waals surface area contributed by atoms with Gasteiger partial charge in [0.2, 0.25) is 5.91 Å². The number of hydrogen-bond acceptors (Lipinski definition) is 2. The summed E-state index contributed by atoms with van der Waals surface area (Å²) < 4.78 is 5.33. The number of anilines is 1. The molecule has 94 valence electrons. The van der Waals surface area contributed by atoms with Gasteiger partial charge in [0.15, 0.2) is 0 Å². The molecule has 0 aromatic heterocycles. The number of benzene rings is 1. The fraction of sp³-hybridized carbons (Fsp3) is 0.500. The Morgan fingerprint density at radius 1 is 1.35 bits per heavy atom. The number of nitrogens with zero attached hydrogens (tertiary/aromatic N) is 1. The van der Waals surface area contributed by atoms with Gasteiger partial charge in [0.1, 0.15) is 5.75 Å². The third-order valence-corrected chi connectivity index (χ3v) is 2.88. The summed E-state index contributed by atoms with van der Waals surface area (Å²) in [5, 5.41) is 0. The maximum Gasteiger partial charge on any atom is 0.226 e. The van der Waals surface area contributed by atoms with E-state index in [2.05, 4.69) is 6.92 Å². The molecule has 3 nitrogen and oxygen atoms in total. The summed E-state index contributed by atoms with van der Waals surface area (Å²) in [6, 6.07) is 5.91. The van der Waals surface area contributed by atoms with Gasteiger partial charge >= 0.3 is 0 Å². The minimum Gasteiger partial charge on any atom is -0.496 e. The third-order valence-electron chi connectivity index (χ3n) is 2.88. The topological polar surface area (TPSA) is 29.5 Å². The van der Waals surface area contributed by atoms with Crippen molar-refractivity contribution in [1.82, 2.24) is 0 Å². The van der Waals surface area contributed by atoms with E-state index in [1.54, 1.807) is 19.1 Å². The molecule has 3 heteroatoms. The molecule has 0 saturated heterocycles. The first-order valence-electron chi connectivity index (χ1n) is 6.07. The molecule has 17 heavy (non-hydrogen) atoms. The van der Waals surface area contributed by atoms with Gasteiger partial charge in [0.25, 0.3) is 0 Å². The standard InChI is InChI=1S/C14H21NO2/c1-5-7-14(16)15(3)12-9-8-11(6-2)13(10-12)17-4/h8-10H,5-7H2,1-4H3. The Labute approximate surface area is 103 Å². The predicted molar refractivity (Wildman–Crippen MR) is 70.7 cm³/mol. The first-order chi connectivity index (χ1) is 8.13. The van der Waals surface area contributed by atoms with E-state index in [4.69, 9.17) is 4.74 Å². The Bertz CT molecular complexity index is 388. The molecule has 0 heterocycles. The van der Waals surface area contributed by atoms with Crippen LogP contribution in [0.4, 0.5) is 5.69 Å². The average Bonchev–Trinajstić information content (AvgIpc) is 2.37. The second-order valence-electron chi connectivity index (χ2n) is 4.05. The lowest BCUT2D eigenvalue weighted by molar-refractivity contribution is -0.118. The Balaban J connectivity index is 2.95. The van der Waals surface area contributed by atoms with Crippen LogP contribution in [0.15, 0.2) is 18.2 Å². The molecule has 0 spiro atoms. The molecule has 0 aliphatic heterocycles. The fourth-order valence-electron chi connectivity index (χ4n) is 1.76. The van der Waals surface area contributed by atoms with E-state index in [0.29, 0.717) is 6.42 Å². The van der Waals surface area contributed by atoms with Gasteiger partial charge in [0, 0.05) is 25.2 Å². The van der Waals surface area contributed by atoms with E-state index in [0.717, 1.165) is 29.8 Å². The van der Waals surface area contributed by atoms with Gasteiger partial charge in [-0.15, -0.1) is 0 Å². The lowest BCUT2D eigenvalue weighted by Crippen LogP contribution is -2.25.